The maximum atomic E-state index is 12.5. The second-order valence-corrected chi connectivity index (χ2v) is 7.91. The van der Waals surface area contributed by atoms with Gasteiger partial charge in [-0.2, -0.15) is 0 Å². The number of amides is 2. The topological polar surface area (TPSA) is 61.9 Å². The van der Waals surface area contributed by atoms with Crippen LogP contribution in [0.3, 0.4) is 0 Å². The second-order valence-electron chi connectivity index (χ2n) is 7.09. The van der Waals surface area contributed by atoms with Crippen molar-refractivity contribution in [3.05, 3.63) is 52.0 Å². The molecule has 30 heavy (non-hydrogen) atoms. The summed E-state index contributed by atoms with van der Waals surface area (Å²) >= 11 is 12.2. The second kappa shape index (κ2) is 10.0. The van der Waals surface area contributed by atoms with Crippen LogP contribution in [0.2, 0.25) is 10.0 Å². The van der Waals surface area contributed by atoms with Crippen molar-refractivity contribution in [2.75, 3.05) is 43.5 Å². The van der Waals surface area contributed by atoms with E-state index in [0.29, 0.717) is 23.4 Å². The van der Waals surface area contributed by atoms with E-state index < -0.39 is 0 Å². The van der Waals surface area contributed by atoms with Crippen LogP contribution < -0.4 is 15.0 Å². The molecule has 0 bridgehead atoms. The molecule has 6 nitrogen and oxygen atoms in total. The van der Waals surface area contributed by atoms with Crippen LogP contribution in [0.5, 0.6) is 5.75 Å². The number of rotatable bonds is 6. The van der Waals surface area contributed by atoms with E-state index >= 15 is 0 Å². The van der Waals surface area contributed by atoms with Gasteiger partial charge in [-0.05, 0) is 42.8 Å². The predicted octanol–water partition coefficient (Wildman–Crippen LogP) is 4.70. The van der Waals surface area contributed by atoms with Gasteiger partial charge in [-0.1, -0.05) is 30.1 Å². The average Bonchev–Trinajstić information content (AvgIpc) is 2.74. The zero-order chi connectivity index (χ0) is 21.7. The Labute approximate surface area is 186 Å². The molecule has 0 aliphatic carbocycles. The Hall–Kier alpha value is -2.44. The number of carbonyl (C=O) groups is 2. The summed E-state index contributed by atoms with van der Waals surface area (Å²) in [4.78, 5) is 28.7. The van der Waals surface area contributed by atoms with Gasteiger partial charge < -0.3 is 19.9 Å². The van der Waals surface area contributed by atoms with Gasteiger partial charge in [0.1, 0.15) is 0 Å². The van der Waals surface area contributed by atoms with Crippen molar-refractivity contribution in [1.29, 1.82) is 0 Å². The Bertz CT molecular complexity index is 887. The molecule has 1 N–H and O–H groups in total. The van der Waals surface area contributed by atoms with Crippen molar-refractivity contribution >= 4 is 46.4 Å². The van der Waals surface area contributed by atoms with Gasteiger partial charge in [0.05, 0.1) is 17.2 Å². The number of nitrogens with zero attached hydrogens (tertiary/aromatic N) is 2. The molecule has 0 radical (unpaired) electrons. The third-order valence-electron chi connectivity index (χ3n) is 5.05. The Kier molecular flexibility index (Phi) is 7.45. The van der Waals surface area contributed by atoms with E-state index in [1.165, 1.54) is 19.2 Å². The molecule has 1 heterocycles. The van der Waals surface area contributed by atoms with Crippen molar-refractivity contribution in [3.8, 4) is 5.75 Å². The van der Waals surface area contributed by atoms with Crippen molar-refractivity contribution in [3.63, 3.8) is 0 Å². The van der Waals surface area contributed by atoms with Crippen LogP contribution in [-0.4, -0.2) is 50.0 Å². The molecule has 1 aliphatic rings. The molecule has 0 spiro atoms. The number of hydrogen-bond donors (Lipinski definition) is 1. The molecule has 0 saturated carbocycles. The van der Waals surface area contributed by atoms with Crippen LogP contribution in [-0.2, 0) is 4.79 Å². The van der Waals surface area contributed by atoms with E-state index in [-0.39, 0.29) is 21.9 Å². The number of ether oxygens (including phenoxy) is 1. The molecule has 1 saturated heterocycles. The van der Waals surface area contributed by atoms with Gasteiger partial charge in [-0.3, -0.25) is 9.59 Å². The number of anilines is 2. The summed E-state index contributed by atoms with van der Waals surface area (Å²) in [7, 11) is 1.47. The van der Waals surface area contributed by atoms with E-state index in [9.17, 15) is 9.59 Å². The third-order valence-corrected chi connectivity index (χ3v) is 5.61. The van der Waals surface area contributed by atoms with Crippen LogP contribution in [0.4, 0.5) is 11.4 Å². The van der Waals surface area contributed by atoms with Crippen molar-refractivity contribution in [1.82, 2.24) is 4.90 Å². The van der Waals surface area contributed by atoms with E-state index in [0.717, 1.165) is 38.3 Å². The smallest absolute Gasteiger partial charge is 0.255 e. The fourth-order valence-corrected chi connectivity index (χ4v) is 4.07. The number of nitrogens with one attached hydrogen (secondary N) is 1. The lowest BCUT2D eigenvalue weighted by Gasteiger charge is -2.36. The molecule has 0 unspecified atom stereocenters. The Morgan fingerprint density at radius 2 is 1.63 bits per heavy atom. The van der Waals surface area contributed by atoms with E-state index in [1.54, 1.807) is 0 Å². The minimum absolute atomic E-state index is 0.231. The summed E-state index contributed by atoms with van der Waals surface area (Å²) in [5, 5.41) is 3.41. The molecule has 0 aromatic heterocycles. The van der Waals surface area contributed by atoms with Crippen molar-refractivity contribution in [2.45, 2.75) is 19.8 Å². The molecule has 8 heteroatoms. The van der Waals surface area contributed by atoms with Crippen LogP contribution in [0.15, 0.2) is 36.4 Å². The lowest BCUT2D eigenvalue weighted by Crippen LogP contribution is -2.48. The lowest BCUT2D eigenvalue weighted by atomic mass is 10.2. The van der Waals surface area contributed by atoms with Gasteiger partial charge in [-0.25, -0.2) is 0 Å². The molecule has 2 aromatic rings. The summed E-state index contributed by atoms with van der Waals surface area (Å²) in [5.74, 6) is 0.266. The SMILES string of the molecule is CCCC(=O)N1CCN(c2ccc(NC(=O)c3cc(Cl)c(OC)c(Cl)c3)cc2)CC1. The number of halogens is 2. The first-order chi connectivity index (χ1) is 14.4. The van der Waals surface area contributed by atoms with Crippen LogP contribution in [0, 0.1) is 0 Å². The summed E-state index contributed by atoms with van der Waals surface area (Å²) in [6.45, 7) is 5.08. The van der Waals surface area contributed by atoms with E-state index in [1.807, 2.05) is 36.1 Å². The molecule has 0 atom stereocenters. The minimum atomic E-state index is -0.308. The molecule has 160 valence electrons. The Morgan fingerprint density at radius 1 is 1.03 bits per heavy atom. The summed E-state index contributed by atoms with van der Waals surface area (Å²) in [5.41, 5.74) is 2.08. The predicted molar refractivity (Wildman–Crippen MR) is 121 cm³/mol. The number of piperazine rings is 1. The highest BCUT2D eigenvalue weighted by atomic mass is 35.5. The summed E-state index contributed by atoms with van der Waals surface area (Å²) in [6.07, 6.45) is 1.49. The summed E-state index contributed by atoms with van der Waals surface area (Å²) < 4.78 is 5.11. The van der Waals surface area contributed by atoms with Crippen LogP contribution in [0.1, 0.15) is 30.1 Å². The molecular weight excluding hydrogens is 425 g/mol. The summed E-state index contributed by atoms with van der Waals surface area (Å²) in [6, 6.07) is 10.7. The fraction of sp³-hybridized carbons (Fsp3) is 0.364. The molecule has 2 amide bonds. The normalized spacial score (nSPS) is 13.9. The van der Waals surface area contributed by atoms with Gasteiger partial charge in [0, 0.05) is 49.5 Å². The molecule has 1 fully saturated rings. The quantitative estimate of drug-likeness (QED) is 0.693. The fourth-order valence-electron chi connectivity index (χ4n) is 3.43. The lowest BCUT2D eigenvalue weighted by molar-refractivity contribution is -0.131. The minimum Gasteiger partial charge on any atom is -0.494 e. The molecular formula is C22H25Cl2N3O3. The van der Waals surface area contributed by atoms with E-state index in [2.05, 4.69) is 10.2 Å². The van der Waals surface area contributed by atoms with Gasteiger partial charge in [-0.15, -0.1) is 0 Å². The number of hydrogen-bond acceptors (Lipinski definition) is 4. The van der Waals surface area contributed by atoms with Crippen molar-refractivity contribution in [2.24, 2.45) is 0 Å². The number of benzene rings is 2. The monoisotopic (exact) mass is 449 g/mol. The van der Waals surface area contributed by atoms with Gasteiger partial charge in [0.2, 0.25) is 5.91 Å². The zero-order valence-corrected chi connectivity index (χ0v) is 18.6. The van der Waals surface area contributed by atoms with Gasteiger partial charge in [0.25, 0.3) is 5.91 Å². The Balaban J connectivity index is 1.60. The van der Waals surface area contributed by atoms with Gasteiger partial charge >= 0.3 is 0 Å². The average molecular weight is 450 g/mol. The third kappa shape index (κ3) is 5.18. The zero-order valence-electron chi connectivity index (χ0n) is 17.1. The van der Waals surface area contributed by atoms with E-state index in [4.69, 9.17) is 27.9 Å². The maximum absolute atomic E-state index is 12.5. The first-order valence-corrected chi connectivity index (χ1v) is 10.7. The molecule has 1 aliphatic heterocycles. The molecule has 2 aromatic carbocycles. The van der Waals surface area contributed by atoms with Crippen LogP contribution >= 0.6 is 23.2 Å². The van der Waals surface area contributed by atoms with Crippen LogP contribution in [0.25, 0.3) is 0 Å². The molecule has 3 rings (SSSR count). The standard InChI is InChI=1S/C22H25Cl2N3O3/c1-3-4-20(28)27-11-9-26(10-12-27)17-7-5-16(6-8-17)25-22(29)15-13-18(23)21(30-2)19(24)14-15/h5-8,13-14H,3-4,9-12H2,1-2H3,(H,25,29). The maximum Gasteiger partial charge on any atom is 0.255 e. The van der Waals surface area contributed by atoms with Gasteiger partial charge in [0.15, 0.2) is 5.75 Å². The first kappa shape index (κ1) is 22.2. The highest BCUT2D eigenvalue weighted by molar-refractivity contribution is 6.37. The largest absolute Gasteiger partial charge is 0.494 e. The Morgan fingerprint density at radius 3 is 2.17 bits per heavy atom. The highest BCUT2D eigenvalue weighted by Crippen LogP contribution is 2.34. The first-order valence-electron chi connectivity index (χ1n) is 9.90. The highest BCUT2D eigenvalue weighted by Gasteiger charge is 2.20. The van der Waals surface area contributed by atoms with Crippen molar-refractivity contribution < 1.29 is 14.3 Å². The number of methoxy groups -OCH3 is 1. The number of carbonyl (C=O) groups excluding carboxylic acids is 2.